The average molecular weight is 690 g/mol. The van der Waals surface area contributed by atoms with E-state index in [4.69, 9.17) is 34.8 Å². The lowest BCUT2D eigenvalue weighted by Crippen LogP contribution is -2.54. The van der Waals surface area contributed by atoms with Crippen molar-refractivity contribution in [1.29, 1.82) is 5.26 Å². The fraction of sp³-hybridized carbons (Fsp3) is 0.312. The van der Waals surface area contributed by atoms with Crippen LogP contribution < -0.4 is 15.8 Å². The number of phenolic OH excluding ortho intramolecular Hbond substituents is 1. The third-order valence-electron chi connectivity index (χ3n) is 8.28. The number of dihydropyridines is 1. The molecule has 1 saturated heterocycles. The number of carbonyl (C=O) groups is 1. The number of hydrogen-bond acceptors (Lipinski definition) is 7. The molecule has 46 heavy (non-hydrogen) atoms. The van der Waals surface area contributed by atoms with E-state index in [0.29, 0.717) is 11.3 Å². The van der Waals surface area contributed by atoms with Gasteiger partial charge in [0, 0.05) is 31.1 Å². The normalized spacial score (nSPS) is 18.3. The third-order valence-corrected chi connectivity index (χ3v) is 9.26. The van der Waals surface area contributed by atoms with E-state index in [-0.39, 0.29) is 70.5 Å². The predicted octanol–water partition coefficient (Wildman–Crippen LogP) is 6.47. The number of piperazine rings is 1. The molecule has 0 aliphatic carbocycles. The fourth-order valence-electron chi connectivity index (χ4n) is 6.05. The van der Waals surface area contributed by atoms with Crippen LogP contribution in [0.5, 0.6) is 5.75 Å². The molecule has 2 aliphatic rings. The topological polar surface area (TPSA) is 114 Å². The molecular weight excluding hydrogens is 661 g/mol. The van der Waals surface area contributed by atoms with Gasteiger partial charge in [-0.2, -0.15) is 5.26 Å². The summed E-state index contributed by atoms with van der Waals surface area (Å²) < 4.78 is 31.0. The zero-order valence-corrected chi connectivity index (χ0v) is 27.5. The van der Waals surface area contributed by atoms with E-state index in [1.165, 1.54) is 16.7 Å². The molecule has 2 N–H and O–H groups in total. The molecule has 2 aliphatic heterocycles. The quantitative estimate of drug-likeness (QED) is 0.179. The standard InChI is InChI=1S/C32H29Cl3F2N6O3/c1-6-20(44)42-10-9-41(13-16(42)5)29-17-11-19(33)27(21-22(34)24(36)23(35)25(37)30(21)45)40-31(17)43(32(46)18(29)12-38)28-15(4)7-8-39-26(28)14(2)3/h6-8,11,14,16,26,39,45H,1,9-10,13H2,2-5H3/t16-,26?/m1/s1. The highest BCUT2D eigenvalue weighted by Gasteiger charge is 2.34. The lowest BCUT2D eigenvalue weighted by molar-refractivity contribution is -0.128. The van der Waals surface area contributed by atoms with E-state index in [1.54, 1.807) is 24.1 Å². The fourth-order valence-corrected chi connectivity index (χ4v) is 6.80. The minimum absolute atomic E-state index is 0.000941. The molecule has 240 valence electrons. The number of amides is 1. The number of allylic oxidation sites excluding steroid dienone is 2. The number of halogens is 5. The van der Waals surface area contributed by atoms with Crippen LogP contribution in [0.15, 0.2) is 41.4 Å². The first kappa shape index (κ1) is 33.3. The summed E-state index contributed by atoms with van der Waals surface area (Å²) in [6.07, 6.45) is 4.76. The molecule has 3 aromatic rings. The monoisotopic (exact) mass is 688 g/mol. The first-order chi connectivity index (χ1) is 21.7. The summed E-state index contributed by atoms with van der Waals surface area (Å²) >= 11 is 18.7. The van der Waals surface area contributed by atoms with Crippen molar-refractivity contribution in [1.82, 2.24) is 19.8 Å². The lowest BCUT2D eigenvalue weighted by Gasteiger charge is -2.41. The summed E-state index contributed by atoms with van der Waals surface area (Å²) in [6.45, 7) is 11.9. The largest absolute Gasteiger partial charge is 0.504 e. The SMILES string of the molecule is C=CC(=O)N1CCN(c2c(C#N)c(=O)n(C3=C(C)C=CNC3C(C)C)c3nc(-c4c(O)c(F)c(Cl)c(F)c4Cl)c(Cl)cc23)C[C@H]1C. The molecule has 1 unspecified atom stereocenters. The van der Waals surface area contributed by atoms with E-state index < -0.39 is 44.6 Å². The molecule has 2 atom stereocenters. The number of carbonyl (C=O) groups excluding carboxylic acids is 1. The van der Waals surface area contributed by atoms with Crippen LogP contribution in [-0.4, -0.2) is 57.2 Å². The first-order valence-corrected chi connectivity index (χ1v) is 15.4. The van der Waals surface area contributed by atoms with Crippen molar-refractivity contribution in [2.75, 3.05) is 24.5 Å². The Balaban J connectivity index is 1.91. The second-order valence-corrected chi connectivity index (χ2v) is 12.6. The Hall–Kier alpha value is -4.11. The number of nitriles is 1. The molecule has 9 nitrogen and oxygen atoms in total. The molecule has 4 heterocycles. The minimum Gasteiger partial charge on any atom is -0.504 e. The van der Waals surface area contributed by atoms with Gasteiger partial charge in [0.15, 0.2) is 17.4 Å². The van der Waals surface area contributed by atoms with Crippen molar-refractivity contribution < 1.29 is 18.7 Å². The van der Waals surface area contributed by atoms with Gasteiger partial charge < -0.3 is 20.2 Å². The van der Waals surface area contributed by atoms with Gasteiger partial charge in [-0.15, -0.1) is 0 Å². The van der Waals surface area contributed by atoms with Crippen LogP contribution in [0, 0.1) is 28.9 Å². The Morgan fingerprint density at radius 2 is 1.93 bits per heavy atom. The summed E-state index contributed by atoms with van der Waals surface area (Å²) in [5, 5.41) is 22.8. The van der Waals surface area contributed by atoms with E-state index in [2.05, 4.69) is 22.9 Å². The number of hydrogen-bond donors (Lipinski definition) is 2. The van der Waals surface area contributed by atoms with Crippen molar-refractivity contribution >= 4 is 63.1 Å². The molecular formula is C32H29Cl3F2N6O3. The van der Waals surface area contributed by atoms with Crippen molar-refractivity contribution in [2.24, 2.45) is 5.92 Å². The third kappa shape index (κ3) is 5.28. The summed E-state index contributed by atoms with van der Waals surface area (Å²) in [7, 11) is 0. The van der Waals surface area contributed by atoms with Crippen LogP contribution in [0.4, 0.5) is 14.5 Å². The van der Waals surface area contributed by atoms with Gasteiger partial charge in [0.25, 0.3) is 5.56 Å². The Kier molecular flexibility index (Phi) is 9.10. The average Bonchev–Trinajstić information content (AvgIpc) is 3.02. The zero-order chi connectivity index (χ0) is 33.8. The van der Waals surface area contributed by atoms with Crippen LogP contribution in [-0.2, 0) is 4.79 Å². The zero-order valence-electron chi connectivity index (χ0n) is 25.3. The molecule has 0 saturated carbocycles. The first-order valence-electron chi connectivity index (χ1n) is 14.3. The summed E-state index contributed by atoms with van der Waals surface area (Å²) in [6, 6.07) is 2.78. The Morgan fingerprint density at radius 1 is 1.24 bits per heavy atom. The van der Waals surface area contributed by atoms with Crippen LogP contribution >= 0.6 is 34.8 Å². The van der Waals surface area contributed by atoms with Crippen molar-refractivity contribution in [2.45, 2.75) is 39.8 Å². The van der Waals surface area contributed by atoms with Gasteiger partial charge in [-0.25, -0.2) is 13.8 Å². The Bertz CT molecular complexity index is 1960. The van der Waals surface area contributed by atoms with Gasteiger partial charge in [0.05, 0.1) is 38.7 Å². The number of phenols is 1. The maximum absolute atomic E-state index is 14.9. The molecule has 1 amide bonds. The van der Waals surface area contributed by atoms with Gasteiger partial charge in [0.1, 0.15) is 22.3 Å². The molecule has 0 radical (unpaired) electrons. The smallest absolute Gasteiger partial charge is 0.276 e. The predicted molar refractivity (Wildman–Crippen MR) is 176 cm³/mol. The highest BCUT2D eigenvalue weighted by atomic mass is 35.5. The number of nitrogens with zero attached hydrogens (tertiary/aromatic N) is 5. The molecule has 0 spiro atoms. The van der Waals surface area contributed by atoms with E-state index >= 15 is 0 Å². The number of rotatable bonds is 5. The van der Waals surface area contributed by atoms with Crippen LogP contribution in [0.1, 0.15) is 33.3 Å². The van der Waals surface area contributed by atoms with Gasteiger partial charge in [-0.1, -0.05) is 55.2 Å². The number of nitrogens with one attached hydrogen (secondary N) is 1. The molecule has 14 heteroatoms. The van der Waals surface area contributed by atoms with Crippen molar-refractivity contribution in [3.05, 3.63) is 79.2 Å². The number of anilines is 1. The number of pyridine rings is 2. The molecule has 0 bridgehead atoms. The Morgan fingerprint density at radius 3 is 2.54 bits per heavy atom. The molecule has 1 aromatic carbocycles. The molecule has 2 aromatic heterocycles. The Labute approximate surface area is 278 Å². The van der Waals surface area contributed by atoms with Crippen LogP contribution in [0.2, 0.25) is 15.1 Å². The second-order valence-electron chi connectivity index (χ2n) is 11.5. The maximum Gasteiger partial charge on any atom is 0.276 e. The van der Waals surface area contributed by atoms with E-state index in [1.807, 2.05) is 25.7 Å². The van der Waals surface area contributed by atoms with Crippen molar-refractivity contribution in [3.63, 3.8) is 0 Å². The summed E-state index contributed by atoms with van der Waals surface area (Å²) in [5.74, 6) is -4.16. The second kappa shape index (κ2) is 12.6. The van der Waals surface area contributed by atoms with Gasteiger partial charge >= 0.3 is 0 Å². The number of aromatic nitrogens is 2. The number of aromatic hydroxyl groups is 1. The van der Waals surface area contributed by atoms with Crippen LogP contribution in [0.25, 0.3) is 28.0 Å². The van der Waals surface area contributed by atoms with Gasteiger partial charge in [-0.05, 0) is 49.8 Å². The molecule has 1 fully saturated rings. The minimum atomic E-state index is -1.46. The van der Waals surface area contributed by atoms with Crippen LogP contribution in [0.3, 0.4) is 0 Å². The van der Waals surface area contributed by atoms with Gasteiger partial charge in [0.2, 0.25) is 5.91 Å². The van der Waals surface area contributed by atoms with Crippen molar-refractivity contribution in [3.8, 4) is 23.1 Å². The number of benzene rings is 1. The highest BCUT2D eigenvalue weighted by Crippen LogP contribution is 2.46. The summed E-state index contributed by atoms with van der Waals surface area (Å²) in [5.41, 5.74) is -0.322. The highest BCUT2D eigenvalue weighted by molar-refractivity contribution is 6.39. The molecule has 5 rings (SSSR count). The van der Waals surface area contributed by atoms with E-state index in [0.717, 1.165) is 0 Å². The van der Waals surface area contributed by atoms with E-state index in [9.17, 15) is 28.7 Å². The maximum atomic E-state index is 14.9. The summed E-state index contributed by atoms with van der Waals surface area (Å²) in [4.78, 5) is 35.0. The number of fused-ring (bicyclic) bond motifs is 1. The van der Waals surface area contributed by atoms with Gasteiger partial charge in [-0.3, -0.25) is 14.2 Å². The lowest BCUT2D eigenvalue weighted by atomic mass is 9.94.